The molecule has 1 unspecified atom stereocenters. The van der Waals surface area contributed by atoms with E-state index in [9.17, 15) is 0 Å². The fourth-order valence-corrected chi connectivity index (χ4v) is 1.57. The van der Waals surface area contributed by atoms with Crippen molar-refractivity contribution in [3.63, 3.8) is 0 Å². The zero-order valence-corrected chi connectivity index (χ0v) is 8.51. The van der Waals surface area contributed by atoms with Crippen molar-refractivity contribution in [2.24, 2.45) is 5.73 Å². The number of anilines is 1. The van der Waals surface area contributed by atoms with Gasteiger partial charge in [-0.1, -0.05) is 24.9 Å². The first-order chi connectivity index (χ1) is 6.15. The van der Waals surface area contributed by atoms with Crippen LogP contribution in [0.3, 0.4) is 0 Å². The molecule has 0 saturated heterocycles. The summed E-state index contributed by atoms with van der Waals surface area (Å²) in [6.07, 6.45) is 1.98. The van der Waals surface area contributed by atoms with Crippen molar-refractivity contribution in [1.29, 1.82) is 0 Å². The lowest BCUT2D eigenvalue weighted by Gasteiger charge is -2.12. The van der Waals surface area contributed by atoms with Crippen LogP contribution in [0.4, 0.5) is 5.69 Å². The number of halogens is 1. The van der Waals surface area contributed by atoms with Crippen LogP contribution in [0.25, 0.3) is 0 Å². The van der Waals surface area contributed by atoms with Crippen molar-refractivity contribution in [2.45, 2.75) is 25.8 Å². The van der Waals surface area contributed by atoms with Gasteiger partial charge in [-0.05, 0) is 30.2 Å². The zero-order valence-electron chi connectivity index (χ0n) is 7.76. The Bertz CT molecular complexity index is 286. The molecule has 0 spiro atoms. The van der Waals surface area contributed by atoms with Gasteiger partial charge in [0.15, 0.2) is 0 Å². The Balaban J connectivity index is 2.91. The normalized spacial score (nSPS) is 12.8. The van der Waals surface area contributed by atoms with Gasteiger partial charge in [0.1, 0.15) is 0 Å². The summed E-state index contributed by atoms with van der Waals surface area (Å²) in [6.45, 7) is 2.10. The molecule has 0 radical (unpaired) electrons. The monoisotopic (exact) mass is 198 g/mol. The fraction of sp³-hybridized carbons (Fsp3) is 0.400. The van der Waals surface area contributed by atoms with Crippen LogP contribution in [-0.4, -0.2) is 0 Å². The molecule has 0 amide bonds. The van der Waals surface area contributed by atoms with E-state index in [0.717, 1.165) is 18.4 Å². The SMILES string of the molecule is CCCC(N)c1cc(N)ccc1Cl. The quantitative estimate of drug-likeness (QED) is 0.734. The maximum absolute atomic E-state index is 5.99. The topological polar surface area (TPSA) is 52.0 Å². The average Bonchev–Trinajstić information content (AvgIpc) is 2.09. The van der Waals surface area contributed by atoms with Gasteiger partial charge in [0, 0.05) is 16.8 Å². The van der Waals surface area contributed by atoms with Gasteiger partial charge in [0.05, 0.1) is 0 Å². The number of nitrogens with two attached hydrogens (primary N) is 2. The number of rotatable bonds is 3. The van der Waals surface area contributed by atoms with E-state index in [-0.39, 0.29) is 6.04 Å². The Kier molecular flexibility index (Phi) is 3.58. The molecule has 1 aromatic rings. The lowest BCUT2D eigenvalue weighted by molar-refractivity contribution is 0.639. The Morgan fingerprint density at radius 2 is 2.15 bits per heavy atom. The second-order valence-electron chi connectivity index (χ2n) is 3.18. The molecule has 2 nitrogen and oxygen atoms in total. The van der Waals surface area contributed by atoms with Crippen molar-refractivity contribution >= 4 is 17.3 Å². The van der Waals surface area contributed by atoms with Crippen molar-refractivity contribution in [3.8, 4) is 0 Å². The third-order valence-corrected chi connectivity index (χ3v) is 2.36. The van der Waals surface area contributed by atoms with Crippen LogP contribution in [0.5, 0.6) is 0 Å². The van der Waals surface area contributed by atoms with Crippen LogP contribution in [0.1, 0.15) is 31.4 Å². The number of hydrogen-bond acceptors (Lipinski definition) is 2. The van der Waals surface area contributed by atoms with Gasteiger partial charge >= 0.3 is 0 Å². The van der Waals surface area contributed by atoms with Gasteiger partial charge in [-0.15, -0.1) is 0 Å². The van der Waals surface area contributed by atoms with Gasteiger partial charge < -0.3 is 11.5 Å². The van der Waals surface area contributed by atoms with Crippen molar-refractivity contribution in [1.82, 2.24) is 0 Å². The van der Waals surface area contributed by atoms with Gasteiger partial charge in [0.25, 0.3) is 0 Å². The molecule has 0 aromatic heterocycles. The molecular weight excluding hydrogens is 184 g/mol. The molecule has 1 atom stereocenters. The van der Waals surface area contributed by atoms with Crippen LogP contribution >= 0.6 is 11.6 Å². The molecule has 4 N–H and O–H groups in total. The molecule has 0 fully saturated rings. The zero-order chi connectivity index (χ0) is 9.84. The van der Waals surface area contributed by atoms with Crippen LogP contribution < -0.4 is 11.5 Å². The first-order valence-corrected chi connectivity index (χ1v) is 4.83. The molecule has 3 heteroatoms. The minimum atomic E-state index is 0.000926. The van der Waals surface area contributed by atoms with Crippen LogP contribution in [0.15, 0.2) is 18.2 Å². The lowest BCUT2D eigenvalue weighted by Crippen LogP contribution is -2.10. The fourth-order valence-electron chi connectivity index (χ4n) is 1.31. The van der Waals surface area contributed by atoms with Gasteiger partial charge in [0.2, 0.25) is 0 Å². The summed E-state index contributed by atoms with van der Waals surface area (Å²) >= 11 is 5.99. The highest BCUT2D eigenvalue weighted by Gasteiger charge is 2.08. The summed E-state index contributed by atoms with van der Waals surface area (Å²) in [5.41, 5.74) is 13.2. The Hall–Kier alpha value is -0.730. The van der Waals surface area contributed by atoms with E-state index in [2.05, 4.69) is 6.92 Å². The maximum Gasteiger partial charge on any atom is 0.0455 e. The smallest absolute Gasteiger partial charge is 0.0455 e. The highest BCUT2D eigenvalue weighted by molar-refractivity contribution is 6.31. The summed E-state index contributed by atoms with van der Waals surface area (Å²) in [7, 11) is 0. The Morgan fingerprint density at radius 1 is 1.46 bits per heavy atom. The predicted octanol–water partition coefficient (Wildman–Crippen LogP) is 2.72. The third-order valence-electron chi connectivity index (χ3n) is 2.02. The van der Waals surface area contributed by atoms with E-state index in [1.807, 2.05) is 6.07 Å². The van der Waals surface area contributed by atoms with E-state index in [1.165, 1.54) is 0 Å². The van der Waals surface area contributed by atoms with Crippen LogP contribution in [0.2, 0.25) is 5.02 Å². The van der Waals surface area contributed by atoms with Gasteiger partial charge in [-0.3, -0.25) is 0 Å². The van der Waals surface area contributed by atoms with Crippen LogP contribution in [-0.2, 0) is 0 Å². The Labute approximate surface area is 83.9 Å². The highest BCUT2D eigenvalue weighted by atomic mass is 35.5. The molecule has 0 aliphatic carbocycles. The second kappa shape index (κ2) is 4.49. The molecule has 1 rings (SSSR count). The average molecular weight is 199 g/mol. The summed E-state index contributed by atoms with van der Waals surface area (Å²) in [4.78, 5) is 0. The van der Waals surface area contributed by atoms with E-state index >= 15 is 0 Å². The molecule has 0 bridgehead atoms. The predicted molar refractivity (Wildman–Crippen MR) is 57.7 cm³/mol. The molecule has 0 aliphatic heterocycles. The Morgan fingerprint density at radius 3 is 2.77 bits per heavy atom. The highest BCUT2D eigenvalue weighted by Crippen LogP contribution is 2.26. The summed E-state index contributed by atoms with van der Waals surface area (Å²) in [5, 5.41) is 0.704. The van der Waals surface area contributed by atoms with Crippen molar-refractivity contribution in [2.75, 3.05) is 5.73 Å². The lowest BCUT2D eigenvalue weighted by atomic mass is 10.0. The summed E-state index contributed by atoms with van der Waals surface area (Å²) in [5.74, 6) is 0. The maximum atomic E-state index is 5.99. The number of nitrogen functional groups attached to an aromatic ring is 1. The molecule has 13 heavy (non-hydrogen) atoms. The molecule has 1 aromatic carbocycles. The first kappa shape index (κ1) is 10.4. The third kappa shape index (κ3) is 2.61. The number of hydrogen-bond donors (Lipinski definition) is 2. The molecule has 0 aliphatic rings. The second-order valence-corrected chi connectivity index (χ2v) is 3.58. The molecule has 72 valence electrons. The van der Waals surface area contributed by atoms with E-state index in [0.29, 0.717) is 10.7 Å². The minimum Gasteiger partial charge on any atom is -0.399 e. The first-order valence-electron chi connectivity index (χ1n) is 4.45. The van der Waals surface area contributed by atoms with E-state index < -0.39 is 0 Å². The number of benzene rings is 1. The summed E-state index contributed by atoms with van der Waals surface area (Å²) in [6, 6.07) is 5.43. The van der Waals surface area contributed by atoms with Crippen molar-refractivity contribution in [3.05, 3.63) is 28.8 Å². The van der Waals surface area contributed by atoms with Crippen molar-refractivity contribution < 1.29 is 0 Å². The standard InChI is InChI=1S/C10H15ClN2/c1-2-3-10(13)8-6-7(12)4-5-9(8)11/h4-6,10H,2-3,12-13H2,1H3. The molecule has 0 saturated carbocycles. The van der Waals surface area contributed by atoms with E-state index in [4.69, 9.17) is 23.1 Å². The van der Waals surface area contributed by atoms with Gasteiger partial charge in [-0.25, -0.2) is 0 Å². The minimum absolute atomic E-state index is 0.000926. The largest absolute Gasteiger partial charge is 0.399 e. The van der Waals surface area contributed by atoms with E-state index in [1.54, 1.807) is 12.1 Å². The molecular formula is C10H15ClN2. The summed E-state index contributed by atoms with van der Waals surface area (Å²) < 4.78 is 0. The van der Waals surface area contributed by atoms with Gasteiger partial charge in [-0.2, -0.15) is 0 Å². The van der Waals surface area contributed by atoms with Crippen LogP contribution in [0, 0.1) is 0 Å². The molecule has 0 heterocycles.